The van der Waals surface area contributed by atoms with Gasteiger partial charge in [-0.25, -0.2) is 4.98 Å². The highest BCUT2D eigenvalue weighted by Gasteiger charge is 2.42. The number of hydrogen-bond acceptors (Lipinski definition) is 5. The lowest BCUT2D eigenvalue weighted by atomic mass is 9.98. The number of carbonyl (C=O) groups excluding carboxylic acids is 1. The maximum atomic E-state index is 12.3. The molecule has 3 rings (SSSR count). The van der Waals surface area contributed by atoms with Crippen molar-refractivity contribution in [2.45, 2.75) is 18.9 Å². The van der Waals surface area contributed by atoms with Gasteiger partial charge in [0.05, 0.1) is 4.88 Å². The Morgan fingerprint density at radius 1 is 1.40 bits per heavy atom. The number of carbonyl (C=O) groups is 1. The maximum absolute atomic E-state index is 12.3. The molecule has 3 heterocycles. The highest BCUT2D eigenvalue weighted by molar-refractivity contribution is 7.12. The molecular formula is C14H13N3O2S. The van der Waals surface area contributed by atoms with Gasteiger partial charge in [-0.15, -0.1) is 11.3 Å². The number of aromatic nitrogens is 1. The van der Waals surface area contributed by atoms with E-state index in [0.29, 0.717) is 12.2 Å². The standard InChI is InChI=1S/C14H13N3O2S/c1-14(13(18)16-12-6-2-3-7-15-12)9-10(17-19-14)11-5-4-8-20-11/h2-8H,9H2,1H3,(H,15,16,18)/t14-/m0/s1. The van der Waals surface area contributed by atoms with Crippen molar-refractivity contribution < 1.29 is 9.63 Å². The van der Waals surface area contributed by atoms with Crippen molar-refractivity contribution in [3.8, 4) is 0 Å². The Morgan fingerprint density at radius 2 is 2.30 bits per heavy atom. The van der Waals surface area contributed by atoms with Crippen LogP contribution in [0.3, 0.4) is 0 Å². The first kappa shape index (κ1) is 12.8. The Morgan fingerprint density at radius 3 is 3.00 bits per heavy atom. The van der Waals surface area contributed by atoms with Crippen molar-refractivity contribution in [1.82, 2.24) is 4.98 Å². The first-order chi connectivity index (χ1) is 9.67. The van der Waals surface area contributed by atoms with Gasteiger partial charge >= 0.3 is 0 Å². The summed E-state index contributed by atoms with van der Waals surface area (Å²) in [5.74, 6) is 0.262. The minimum Gasteiger partial charge on any atom is -0.379 e. The van der Waals surface area contributed by atoms with E-state index < -0.39 is 5.60 Å². The highest BCUT2D eigenvalue weighted by atomic mass is 32.1. The van der Waals surface area contributed by atoms with Gasteiger partial charge in [0.25, 0.3) is 5.91 Å². The molecule has 0 unspecified atom stereocenters. The SMILES string of the molecule is C[C@@]1(C(=O)Nc2ccccn2)CC(c2cccs2)=NO1. The molecule has 1 aliphatic heterocycles. The molecule has 1 amide bonds. The summed E-state index contributed by atoms with van der Waals surface area (Å²) in [5.41, 5.74) is -0.185. The first-order valence-electron chi connectivity index (χ1n) is 6.19. The summed E-state index contributed by atoms with van der Waals surface area (Å²) < 4.78 is 0. The van der Waals surface area contributed by atoms with Gasteiger partial charge in [-0.2, -0.15) is 0 Å². The number of hydrogen-bond donors (Lipinski definition) is 1. The van der Waals surface area contributed by atoms with Crippen LogP contribution in [0, 0.1) is 0 Å². The number of rotatable bonds is 3. The monoisotopic (exact) mass is 287 g/mol. The van der Waals surface area contributed by atoms with Gasteiger partial charge in [0.2, 0.25) is 5.60 Å². The first-order valence-corrected chi connectivity index (χ1v) is 7.07. The Kier molecular flexibility index (Phi) is 3.23. The summed E-state index contributed by atoms with van der Waals surface area (Å²) in [6.07, 6.45) is 2.08. The number of anilines is 1. The number of thiophene rings is 1. The molecule has 0 radical (unpaired) electrons. The number of amides is 1. The van der Waals surface area contributed by atoms with Gasteiger partial charge in [-0.3, -0.25) is 4.79 Å². The van der Waals surface area contributed by atoms with Crippen molar-refractivity contribution in [3.63, 3.8) is 0 Å². The zero-order valence-electron chi connectivity index (χ0n) is 10.9. The second-order valence-electron chi connectivity index (χ2n) is 4.68. The zero-order valence-corrected chi connectivity index (χ0v) is 11.7. The molecule has 2 aromatic rings. The van der Waals surface area contributed by atoms with Crippen LogP contribution in [-0.4, -0.2) is 22.2 Å². The van der Waals surface area contributed by atoms with E-state index in [1.54, 1.807) is 36.6 Å². The van der Waals surface area contributed by atoms with Crippen LogP contribution in [0.2, 0.25) is 0 Å². The minimum absolute atomic E-state index is 0.244. The molecule has 1 N–H and O–H groups in total. The summed E-state index contributed by atoms with van der Waals surface area (Å²) in [4.78, 5) is 22.8. The Labute approximate surface area is 120 Å². The predicted molar refractivity (Wildman–Crippen MR) is 77.8 cm³/mol. The van der Waals surface area contributed by atoms with E-state index in [1.165, 1.54) is 0 Å². The fraction of sp³-hybridized carbons (Fsp3) is 0.214. The molecule has 5 nitrogen and oxygen atoms in total. The van der Waals surface area contributed by atoms with Gasteiger partial charge in [0.1, 0.15) is 11.5 Å². The van der Waals surface area contributed by atoms with Crippen molar-refractivity contribution in [3.05, 3.63) is 46.8 Å². The smallest absolute Gasteiger partial charge is 0.272 e. The van der Waals surface area contributed by atoms with E-state index in [2.05, 4.69) is 15.5 Å². The van der Waals surface area contributed by atoms with Crippen LogP contribution >= 0.6 is 11.3 Å². The summed E-state index contributed by atoms with van der Waals surface area (Å²) >= 11 is 1.58. The largest absolute Gasteiger partial charge is 0.379 e. The average molecular weight is 287 g/mol. The Balaban J connectivity index is 1.70. The Hall–Kier alpha value is -2.21. The van der Waals surface area contributed by atoms with Crippen molar-refractivity contribution in [2.75, 3.05) is 5.32 Å². The van der Waals surface area contributed by atoms with E-state index in [4.69, 9.17) is 4.84 Å². The van der Waals surface area contributed by atoms with Crippen LogP contribution in [0.4, 0.5) is 5.82 Å². The van der Waals surface area contributed by atoms with E-state index in [0.717, 1.165) is 10.6 Å². The molecule has 1 atom stereocenters. The van der Waals surface area contributed by atoms with Gasteiger partial charge in [-0.1, -0.05) is 17.3 Å². The molecular weight excluding hydrogens is 274 g/mol. The number of pyridine rings is 1. The third-order valence-electron chi connectivity index (χ3n) is 3.05. The summed E-state index contributed by atoms with van der Waals surface area (Å²) in [6, 6.07) is 9.26. The lowest BCUT2D eigenvalue weighted by molar-refractivity contribution is -0.135. The summed E-state index contributed by atoms with van der Waals surface area (Å²) in [6.45, 7) is 1.73. The van der Waals surface area contributed by atoms with Crippen LogP contribution in [-0.2, 0) is 9.63 Å². The minimum atomic E-state index is -0.989. The molecule has 0 fully saturated rings. The van der Waals surface area contributed by atoms with Gasteiger partial charge < -0.3 is 10.2 Å². The van der Waals surface area contributed by atoms with Gasteiger partial charge in [0, 0.05) is 12.6 Å². The second-order valence-corrected chi connectivity index (χ2v) is 5.63. The molecule has 0 bridgehead atoms. The van der Waals surface area contributed by atoms with Crippen LogP contribution in [0.5, 0.6) is 0 Å². The molecule has 0 saturated heterocycles. The fourth-order valence-corrected chi connectivity index (χ4v) is 2.63. The van der Waals surface area contributed by atoms with Crippen LogP contribution < -0.4 is 5.32 Å². The Bertz CT molecular complexity index is 640. The molecule has 0 aromatic carbocycles. The highest BCUT2D eigenvalue weighted by Crippen LogP contribution is 2.29. The lowest BCUT2D eigenvalue weighted by Crippen LogP contribution is -2.40. The van der Waals surface area contributed by atoms with Crippen LogP contribution in [0.15, 0.2) is 47.1 Å². The average Bonchev–Trinajstić information content (AvgIpc) is 3.09. The van der Waals surface area contributed by atoms with E-state index >= 15 is 0 Å². The van der Waals surface area contributed by atoms with Crippen molar-refractivity contribution in [1.29, 1.82) is 0 Å². The topological polar surface area (TPSA) is 63.6 Å². The lowest BCUT2D eigenvalue weighted by Gasteiger charge is -2.19. The molecule has 0 spiro atoms. The number of nitrogens with one attached hydrogen (secondary N) is 1. The predicted octanol–water partition coefficient (Wildman–Crippen LogP) is 2.66. The zero-order chi connectivity index (χ0) is 14.0. The van der Waals surface area contributed by atoms with Crippen LogP contribution in [0.1, 0.15) is 18.2 Å². The van der Waals surface area contributed by atoms with E-state index in [-0.39, 0.29) is 5.91 Å². The fourth-order valence-electron chi connectivity index (χ4n) is 1.92. The molecule has 102 valence electrons. The molecule has 2 aromatic heterocycles. The third-order valence-corrected chi connectivity index (χ3v) is 3.97. The molecule has 6 heteroatoms. The summed E-state index contributed by atoms with van der Waals surface area (Å²) in [5, 5.41) is 8.76. The number of oxime groups is 1. The van der Waals surface area contributed by atoms with Crippen molar-refractivity contribution >= 4 is 28.8 Å². The summed E-state index contributed by atoms with van der Waals surface area (Å²) in [7, 11) is 0. The molecule has 0 aliphatic carbocycles. The quantitative estimate of drug-likeness (QED) is 0.944. The number of nitrogens with zero attached hydrogens (tertiary/aromatic N) is 2. The van der Waals surface area contributed by atoms with Crippen LogP contribution in [0.25, 0.3) is 0 Å². The third kappa shape index (κ3) is 2.42. The van der Waals surface area contributed by atoms with E-state index in [1.807, 2.05) is 23.6 Å². The van der Waals surface area contributed by atoms with Gasteiger partial charge in [-0.05, 0) is 30.5 Å². The van der Waals surface area contributed by atoms with Gasteiger partial charge in [0.15, 0.2) is 0 Å². The normalized spacial score (nSPS) is 21.1. The maximum Gasteiger partial charge on any atom is 0.272 e. The molecule has 1 aliphatic rings. The molecule has 0 saturated carbocycles. The second kappa shape index (κ2) is 5.05. The molecule has 20 heavy (non-hydrogen) atoms. The van der Waals surface area contributed by atoms with E-state index in [9.17, 15) is 4.79 Å². The van der Waals surface area contributed by atoms with Crippen molar-refractivity contribution in [2.24, 2.45) is 5.16 Å².